The first-order valence-electron chi connectivity index (χ1n) is 7.60. The normalized spacial score (nSPS) is 10.7. The quantitative estimate of drug-likeness (QED) is 0.575. The van der Waals surface area contributed by atoms with Gasteiger partial charge in [-0.15, -0.1) is 15.3 Å². The average molecular weight is 411 g/mol. The van der Waals surface area contributed by atoms with Crippen molar-refractivity contribution in [1.82, 2.24) is 25.4 Å². The van der Waals surface area contributed by atoms with Crippen LogP contribution in [-0.2, 0) is 11.2 Å². The molecule has 0 unspecified atom stereocenters. The van der Waals surface area contributed by atoms with Crippen LogP contribution in [0.25, 0.3) is 11.4 Å². The molecule has 0 saturated carbocycles. The molecule has 26 heavy (non-hydrogen) atoms. The lowest BCUT2D eigenvalue weighted by molar-refractivity contribution is -0.113. The number of amides is 1. The monoisotopic (exact) mass is 410 g/mol. The van der Waals surface area contributed by atoms with E-state index < -0.39 is 0 Å². The minimum atomic E-state index is -0.194. The minimum Gasteiger partial charge on any atom is -0.496 e. The zero-order valence-electron chi connectivity index (χ0n) is 13.9. The molecular weight excluding hydrogens is 396 g/mol. The van der Waals surface area contributed by atoms with Gasteiger partial charge in [0.1, 0.15) is 10.8 Å². The van der Waals surface area contributed by atoms with Gasteiger partial charge in [-0.1, -0.05) is 41.6 Å². The Morgan fingerprint density at radius 1 is 1.42 bits per heavy atom. The molecule has 1 amide bonds. The number of carbonyl (C=O) groups is 1. The molecule has 0 bridgehead atoms. The maximum atomic E-state index is 12.0. The van der Waals surface area contributed by atoms with Crippen LogP contribution in [0.4, 0.5) is 5.13 Å². The van der Waals surface area contributed by atoms with Gasteiger partial charge in [0.05, 0.1) is 18.4 Å². The molecule has 0 saturated heterocycles. The Hall–Kier alpha value is -2.17. The lowest BCUT2D eigenvalue weighted by atomic mass is 10.2. The summed E-state index contributed by atoms with van der Waals surface area (Å²) < 4.78 is 5.31. The molecule has 0 aliphatic rings. The van der Waals surface area contributed by atoms with E-state index in [1.54, 1.807) is 25.3 Å². The third-order valence-electron chi connectivity index (χ3n) is 3.23. The van der Waals surface area contributed by atoms with Gasteiger partial charge >= 0.3 is 0 Å². The summed E-state index contributed by atoms with van der Waals surface area (Å²) in [5.74, 6) is 1.11. The number of aromatic amines is 1. The van der Waals surface area contributed by atoms with E-state index in [-0.39, 0.29) is 11.7 Å². The maximum absolute atomic E-state index is 12.0. The number of anilines is 1. The second-order valence-electron chi connectivity index (χ2n) is 5.00. The van der Waals surface area contributed by atoms with Gasteiger partial charge in [0, 0.05) is 5.02 Å². The number of benzene rings is 1. The smallest absolute Gasteiger partial charge is 0.236 e. The molecule has 8 nitrogen and oxygen atoms in total. The fourth-order valence-corrected chi connectivity index (χ4v) is 3.50. The number of aromatic nitrogens is 5. The Morgan fingerprint density at radius 3 is 3.00 bits per heavy atom. The van der Waals surface area contributed by atoms with Crippen LogP contribution in [-0.4, -0.2) is 44.1 Å². The second-order valence-corrected chi connectivity index (χ2v) is 7.44. The number of halogens is 1. The molecule has 136 valence electrons. The molecule has 1 aromatic carbocycles. The highest BCUT2D eigenvalue weighted by molar-refractivity contribution is 7.99. The molecular formula is C15H15ClN6O2S2. The van der Waals surface area contributed by atoms with Crippen LogP contribution in [0.3, 0.4) is 0 Å². The first-order valence-corrected chi connectivity index (χ1v) is 9.78. The minimum absolute atomic E-state index is 0.158. The summed E-state index contributed by atoms with van der Waals surface area (Å²) >= 11 is 8.61. The molecule has 0 aliphatic carbocycles. The molecule has 2 heterocycles. The SMILES string of the molecule is CCc1nnc(NC(=O)CSc2n[nH]c(-c3cc(Cl)ccc3OC)n2)s1. The van der Waals surface area contributed by atoms with Crippen LogP contribution in [0.5, 0.6) is 5.75 Å². The van der Waals surface area contributed by atoms with Crippen molar-refractivity contribution in [2.75, 3.05) is 18.2 Å². The van der Waals surface area contributed by atoms with Crippen LogP contribution >= 0.6 is 34.7 Å². The van der Waals surface area contributed by atoms with Gasteiger partial charge in [-0.3, -0.25) is 15.2 Å². The van der Waals surface area contributed by atoms with Crippen molar-refractivity contribution in [2.24, 2.45) is 0 Å². The van der Waals surface area contributed by atoms with E-state index in [1.165, 1.54) is 23.1 Å². The third kappa shape index (κ3) is 4.51. The molecule has 11 heteroatoms. The number of hydrogen-bond donors (Lipinski definition) is 2. The Kier molecular flexibility index (Phi) is 6.07. The number of nitrogens with zero attached hydrogens (tertiary/aromatic N) is 4. The summed E-state index contributed by atoms with van der Waals surface area (Å²) in [6, 6.07) is 5.23. The fourth-order valence-electron chi connectivity index (χ4n) is 2.03. The Balaban J connectivity index is 1.62. The maximum Gasteiger partial charge on any atom is 0.236 e. The Labute approximate surface area is 162 Å². The molecule has 0 atom stereocenters. The van der Waals surface area contributed by atoms with Crippen molar-refractivity contribution in [3.8, 4) is 17.1 Å². The molecule has 0 aliphatic heterocycles. The van der Waals surface area contributed by atoms with E-state index in [4.69, 9.17) is 16.3 Å². The summed E-state index contributed by atoms with van der Waals surface area (Å²) in [6.07, 6.45) is 0.787. The summed E-state index contributed by atoms with van der Waals surface area (Å²) in [6.45, 7) is 1.98. The molecule has 2 aromatic heterocycles. The number of hydrogen-bond acceptors (Lipinski definition) is 8. The Bertz CT molecular complexity index is 913. The van der Waals surface area contributed by atoms with Crippen molar-refractivity contribution in [1.29, 1.82) is 0 Å². The van der Waals surface area contributed by atoms with Crippen LogP contribution in [0.1, 0.15) is 11.9 Å². The number of carbonyl (C=O) groups excluding carboxylic acids is 1. The Morgan fingerprint density at radius 2 is 2.27 bits per heavy atom. The van der Waals surface area contributed by atoms with Crippen molar-refractivity contribution >= 4 is 45.7 Å². The topological polar surface area (TPSA) is 106 Å². The van der Waals surface area contributed by atoms with Gasteiger partial charge in [0.25, 0.3) is 0 Å². The summed E-state index contributed by atoms with van der Waals surface area (Å²) in [5, 5.41) is 19.9. The predicted molar refractivity (Wildman–Crippen MR) is 102 cm³/mol. The highest BCUT2D eigenvalue weighted by Gasteiger charge is 2.14. The van der Waals surface area contributed by atoms with E-state index in [9.17, 15) is 4.79 Å². The fraction of sp³-hybridized carbons (Fsp3) is 0.267. The van der Waals surface area contributed by atoms with E-state index in [0.717, 1.165) is 11.4 Å². The number of methoxy groups -OCH3 is 1. The highest BCUT2D eigenvalue weighted by atomic mass is 35.5. The lowest BCUT2D eigenvalue weighted by Gasteiger charge is -2.05. The summed E-state index contributed by atoms with van der Waals surface area (Å²) in [5.41, 5.74) is 0.699. The third-order valence-corrected chi connectivity index (χ3v) is 5.29. The average Bonchev–Trinajstić information content (AvgIpc) is 3.29. The van der Waals surface area contributed by atoms with Crippen molar-refractivity contribution in [3.63, 3.8) is 0 Å². The summed E-state index contributed by atoms with van der Waals surface area (Å²) in [4.78, 5) is 16.4. The molecule has 2 N–H and O–H groups in total. The summed E-state index contributed by atoms with van der Waals surface area (Å²) in [7, 11) is 1.57. The standard InChI is InChI=1S/C15H15ClN6O2S2/c1-3-12-19-22-15(26-12)17-11(23)7-25-14-18-13(20-21-14)9-6-8(16)4-5-10(9)24-2/h4-6H,3,7H2,1-2H3,(H,17,22,23)(H,18,20,21). The van der Waals surface area contributed by atoms with E-state index in [0.29, 0.717) is 32.4 Å². The van der Waals surface area contributed by atoms with Crippen molar-refractivity contribution in [3.05, 3.63) is 28.2 Å². The molecule has 0 spiro atoms. The zero-order valence-corrected chi connectivity index (χ0v) is 16.3. The van der Waals surface area contributed by atoms with Crippen molar-refractivity contribution in [2.45, 2.75) is 18.5 Å². The van der Waals surface area contributed by atoms with E-state index in [2.05, 4.69) is 30.7 Å². The van der Waals surface area contributed by atoms with Gasteiger partial charge in [-0.05, 0) is 24.6 Å². The first kappa shape index (κ1) is 18.6. The van der Waals surface area contributed by atoms with Gasteiger partial charge < -0.3 is 4.74 Å². The number of aryl methyl sites for hydroxylation is 1. The van der Waals surface area contributed by atoms with Crippen molar-refractivity contribution < 1.29 is 9.53 Å². The van der Waals surface area contributed by atoms with Gasteiger partial charge in [0.2, 0.25) is 16.2 Å². The molecule has 3 aromatic rings. The number of nitrogens with one attached hydrogen (secondary N) is 2. The van der Waals surface area contributed by atoms with Crippen LogP contribution < -0.4 is 10.1 Å². The molecule has 0 fully saturated rings. The van der Waals surface area contributed by atoms with E-state index >= 15 is 0 Å². The number of rotatable bonds is 7. The highest BCUT2D eigenvalue weighted by Crippen LogP contribution is 2.31. The lowest BCUT2D eigenvalue weighted by Crippen LogP contribution is -2.13. The van der Waals surface area contributed by atoms with Crippen LogP contribution in [0, 0.1) is 0 Å². The molecule has 0 radical (unpaired) electrons. The van der Waals surface area contributed by atoms with E-state index in [1.807, 2.05) is 6.92 Å². The zero-order chi connectivity index (χ0) is 18.5. The largest absolute Gasteiger partial charge is 0.496 e. The van der Waals surface area contributed by atoms with Gasteiger partial charge in [0.15, 0.2) is 5.82 Å². The number of ether oxygens (including phenoxy) is 1. The first-order chi connectivity index (χ1) is 12.6. The second kappa shape index (κ2) is 8.47. The van der Waals surface area contributed by atoms with Gasteiger partial charge in [-0.2, -0.15) is 0 Å². The number of thioether (sulfide) groups is 1. The number of H-pyrrole nitrogens is 1. The van der Waals surface area contributed by atoms with Crippen LogP contribution in [0.2, 0.25) is 5.02 Å². The van der Waals surface area contributed by atoms with Gasteiger partial charge in [-0.25, -0.2) is 4.98 Å². The predicted octanol–water partition coefficient (Wildman–Crippen LogP) is 3.28. The molecule has 3 rings (SSSR count). The van der Waals surface area contributed by atoms with Crippen LogP contribution in [0.15, 0.2) is 23.4 Å².